The van der Waals surface area contributed by atoms with E-state index < -0.39 is 40.8 Å². The zero-order valence-corrected chi connectivity index (χ0v) is 18.2. The SMILES string of the molecule is CC(=O)N(c1ccc(F)c(C#N)c1)c1cc(NC(=O)Cc2cccc(C(F)(F)F)c2Cl)ccn1. The van der Waals surface area contributed by atoms with Crippen LogP contribution < -0.4 is 10.2 Å². The maximum absolute atomic E-state index is 13.7. The first-order valence-corrected chi connectivity index (χ1v) is 10.00. The van der Waals surface area contributed by atoms with Gasteiger partial charge in [-0.15, -0.1) is 0 Å². The summed E-state index contributed by atoms with van der Waals surface area (Å²) in [5, 5.41) is 11.0. The van der Waals surface area contributed by atoms with E-state index in [2.05, 4.69) is 10.3 Å². The lowest BCUT2D eigenvalue weighted by atomic mass is 10.1. The van der Waals surface area contributed by atoms with Crippen molar-refractivity contribution in [1.29, 1.82) is 5.26 Å². The van der Waals surface area contributed by atoms with E-state index in [1.807, 2.05) is 0 Å². The number of nitriles is 1. The Labute approximate surface area is 196 Å². The van der Waals surface area contributed by atoms with E-state index in [4.69, 9.17) is 16.9 Å². The van der Waals surface area contributed by atoms with E-state index in [1.165, 1.54) is 43.5 Å². The number of hydrogen-bond donors (Lipinski definition) is 1. The maximum Gasteiger partial charge on any atom is 0.417 e. The summed E-state index contributed by atoms with van der Waals surface area (Å²) in [5.74, 6) is -1.83. The zero-order chi connectivity index (χ0) is 25.0. The highest BCUT2D eigenvalue weighted by Crippen LogP contribution is 2.36. The first-order valence-electron chi connectivity index (χ1n) is 9.62. The Hall–Kier alpha value is -3.97. The van der Waals surface area contributed by atoms with Gasteiger partial charge in [0.1, 0.15) is 17.7 Å². The van der Waals surface area contributed by atoms with Crippen molar-refractivity contribution in [2.24, 2.45) is 0 Å². The van der Waals surface area contributed by atoms with Crippen molar-refractivity contribution in [3.05, 3.63) is 82.3 Å². The molecule has 1 heterocycles. The van der Waals surface area contributed by atoms with Crippen LogP contribution in [0, 0.1) is 17.1 Å². The van der Waals surface area contributed by atoms with Gasteiger partial charge in [0.25, 0.3) is 0 Å². The highest BCUT2D eigenvalue weighted by molar-refractivity contribution is 6.32. The molecule has 1 N–H and O–H groups in total. The summed E-state index contributed by atoms with van der Waals surface area (Å²) in [5.41, 5.74) is -0.946. The number of carbonyl (C=O) groups is 2. The van der Waals surface area contributed by atoms with Crippen LogP contribution in [0.3, 0.4) is 0 Å². The van der Waals surface area contributed by atoms with Gasteiger partial charge < -0.3 is 5.32 Å². The van der Waals surface area contributed by atoms with Gasteiger partial charge in [-0.3, -0.25) is 14.5 Å². The summed E-state index contributed by atoms with van der Waals surface area (Å²) < 4.78 is 52.8. The number of benzene rings is 2. The third-order valence-corrected chi connectivity index (χ3v) is 5.08. The van der Waals surface area contributed by atoms with Crippen LogP contribution in [0.2, 0.25) is 5.02 Å². The van der Waals surface area contributed by atoms with E-state index in [0.717, 1.165) is 23.1 Å². The summed E-state index contributed by atoms with van der Waals surface area (Å²) in [4.78, 5) is 29.9. The molecule has 0 aliphatic carbocycles. The lowest BCUT2D eigenvalue weighted by molar-refractivity contribution is -0.137. The Bertz CT molecular complexity index is 1300. The lowest BCUT2D eigenvalue weighted by Gasteiger charge is -2.21. The average molecular weight is 491 g/mol. The number of nitrogens with zero attached hydrogens (tertiary/aromatic N) is 3. The van der Waals surface area contributed by atoms with Gasteiger partial charge in [0.2, 0.25) is 11.8 Å². The Morgan fingerprint density at radius 3 is 2.56 bits per heavy atom. The van der Waals surface area contributed by atoms with Gasteiger partial charge in [0, 0.05) is 24.9 Å². The number of halogens is 5. The molecule has 0 unspecified atom stereocenters. The zero-order valence-electron chi connectivity index (χ0n) is 17.5. The second-order valence-electron chi connectivity index (χ2n) is 7.03. The number of alkyl halides is 3. The molecule has 174 valence electrons. The van der Waals surface area contributed by atoms with Crippen LogP contribution in [0.5, 0.6) is 0 Å². The summed E-state index contributed by atoms with van der Waals surface area (Å²) >= 11 is 5.84. The number of amides is 2. The summed E-state index contributed by atoms with van der Waals surface area (Å²) in [6.07, 6.45) is -3.79. The lowest BCUT2D eigenvalue weighted by Crippen LogP contribution is -2.24. The van der Waals surface area contributed by atoms with Gasteiger partial charge >= 0.3 is 6.18 Å². The third-order valence-electron chi connectivity index (χ3n) is 4.64. The van der Waals surface area contributed by atoms with Crippen LogP contribution in [0.25, 0.3) is 0 Å². The van der Waals surface area contributed by atoms with Gasteiger partial charge in [-0.25, -0.2) is 9.37 Å². The van der Waals surface area contributed by atoms with Gasteiger partial charge in [-0.1, -0.05) is 23.7 Å². The van der Waals surface area contributed by atoms with Crippen molar-refractivity contribution in [2.45, 2.75) is 19.5 Å². The predicted octanol–water partition coefficient (Wildman–Crippen LogP) is 5.63. The molecule has 2 aromatic carbocycles. The molecule has 0 aliphatic rings. The number of nitrogens with one attached hydrogen (secondary N) is 1. The normalized spacial score (nSPS) is 11.0. The van der Waals surface area contributed by atoms with Crippen LogP contribution >= 0.6 is 11.6 Å². The van der Waals surface area contributed by atoms with Crippen molar-refractivity contribution in [3.63, 3.8) is 0 Å². The number of carbonyl (C=O) groups excluding carboxylic acids is 2. The van der Waals surface area contributed by atoms with Gasteiger partial charge in [0.15, 0.2) is 0 Å². The third kappa shape index (κ3) is 5.50. The minimum absolute atomic E-state index is 0.0102. The van der Waals surface area contributed by atoms with Crippen molar-refractivity contribution in [1.82, 2.24) is 4.98 Å². The van der Waals surface area contributed by atoms with Gasteiger partial charge in [-0.2, -0.15) is 18.4 Å². The van der Waals surface area contributed by atoms with Crippen molar-refractivity contribution >= 4 is 40.6 Å². The fourth-order valence-corrected chi connectivity index (χ4v) is 3.45. The molecule has 2 amide bonds. The Morgan fingerprint density at radius 2 is 1.91 bits per heavy atom. The molecule has 6 nitrogen and oxygen atoms in total. The molecule has 34 heavy (non-hydrogen) atoms. The van der Waals surface area contributed by atoms with E-state index in [0.29, 0.717) is 0 Å². The van der Waals surface area contributed by atoms with E-state index in [1.54, 1.807) is 6.07 Å². The summed E-state index contributed by atoms with van der Waals surface area (Å²) in [6, 6.07) is 11.3. The van der Waals surface area contributed by atoms with Gasteiger partial charge in [-0.05, 0) is 35.9 Å². The minimum Gasteiger partial charge on any atom is -0.326 e. The maximum atomic E-state index is 13.7. The molecule has 3 aromatic rings. The molecule has 0 fully saturated rings. The monoisotopic (exact) mass is 490 g/mol. The van der Waals surface area contributed by atoms with Crippen LogP contribution in [-0.2, 0) is 22.2 Å². The average Bonchev–Trinajstić information content (AvgIpc) is 2.75. The molecule has 0 radical (unpaired) electrons. The summed E-state index contributed by atoms with van der Waals surface area (Å²) in [7, 11) is 0. The molecule has 0 aliphatic heterocycles. The fraction of sp³-hybridized carbons (Fsp3) is 0.130. The Balaban J connectivity index is 1.85. The topological polar surface area (TPSA) is 86.1 Å². The number of anilines is 3. The molecular weight excluding hydrogens is 476 g/mol. The molecule has 0 saturated heterocycles. The van der Waals surface area contributed by atoms with Crippen LogP contribution in [-0.4, -0.2) is 16.8 Å². The molecule has 0 spiro atoms. The molecule has 0 saturated carbocycles. The Morgan fingerprint density at radius 1 is 1.18 bits per heavy atom. The molecular formula is C23H15ClF4N4O2. The fourth-order valence-electron chi connectivity index (χ4n) is 3.15. The molecule has 0 atom stereocenters. The number of pyridine rings is 1. The largest absolute Gasteiger partial charge is 0.417 e. The first kappa shape index (κ1) is 24.7. The van der Waals surface area contributed by atoms with E-state index in [9.17, 15) is 27.2 Å². The van der Waals surface area contributed by atoms with E-state index >= 15 is 0 Å². The first-order chi connectivity index (χ1) is 16.0. The highest BCUT2D eigenvalue weighted by Gasteiger charge is 2.34. The second kappa shape index (κ2) is 9.89. The number of hydrogen-bond acceptors (Lipinski definition) is 4. The minimum atomic E-state index is -4.66. The van der Waals surface area contributed by atoms with Crippen LogP contribution in [0.4, 0.5) is 34.8 Å². The number of rotatable bonds is 5. The second-order valence-corrected chi connectivity index (χ2v) is 7.41. The number of aromatic nitrogens is 1. The van der Waals surface area contributed by atoms with Gasteiger partial charge in [0.05, 0.1) is 28.3 Å². The summed E-state index contributed by atoms with van der Waals surface area (Å²) in [6.45, 7) is 1.23. The molecule has 11 heteroatoms. The van der Waals surface area contributed by atoms with Crippen LogP contribution in [0.1, 0.15) is 23.6 Å². The van der Waals surface area contributed by atoms with Crippen molar-refractivity contribution in [2.75, 3.05) is 10.2 Å². The van der Waals surface area contributed by atoms with E-state index in [-0.39, 0.29) is 28.3 Å². The van der Waals surface area contributed by atoms with Crippen molar-refractivity contribution < 1.29 is 27.2 Å². The van der Waals surface area contributed by atoms with Crippen molar-refractivity contribution in [3.8, 4) is 6.07 Å². The molecule has 3 rings (SSSR count). The van der Waals surface area contributed by atoms with Crippen LogP contribution in [0.15, 0.2) is 54.7 Å². The highest BCUT2D eigenvalue weighted by atomic mass is 35.5. The molecule has 1 aromatic heterocycles. The predicted molar refractivity (Wildman–Crippen MR) is 117 cm³/mol. The quantitative estimate of drug-likeness (QED) is 0.470. The molecule has 0 bridgehead atoms. The Kier molecular flexibility index (Phi) is 7.17. The standard InChI is InChI=1S/C23H15ClF4N4O2/c1-13(33)32(17-5-6-19(25)15(9-17)12-29)20-11-16(7-8-30-20)31-21(34)10-14-3-2-4-18(22(14)24)23(26,27)28/h2-9,11H,10H2,1H3,(H,30,31,34). The smallest absolute Gasteiger partial charge is 0.326 e.